The average molecular weight is 209 g/mol. The molecule has 1 N–H and O–H groups in total. The highest BCUT2D eigenvalue weighted by Crippen LogP contribution is 2.32. The Labute approximate surface area is 90.5 Å². The Hall–Kier alpha value is -0.340. The molecule has 1 aliphatic carbocycles. The fourth-order valence-electron chi connectivity index (χ4n) is 1.97. The maximum atomic E-state index is 3.69. The van der Waals surface area contributed by atoms with Gasteiger partial charge in [-0.3, -0.25) is 0 Å². The molecule has 14 heavy (non-hydrogen) atoms. The molecule has 1 aliphatic rings. The first-order valence-electron chi connectivity index (χ1n) is 5.54. The Balaban J connectivity index is 1.75. The molecule has 0 amide bonds. The minimum absolute atomic E-state index is 0.615. The predicted octanol–water partition coefficient (Wildman–Crippen LogP) is 3.07. The molecule has 78 valence electrons. The average Bonchev–Trinajstić information content (AvgIpc) is 2.87. The van der Waals surface area contributed by atoms with Crippen LogP contribution in [0.25, 0.3) is 0 Å². The molecule has 0 aromatic carbocycles. The normalized spacial score (nSPS) is 20.7. The molecule has 1 fully saturated rings. The number of nitrogens with one attached hydrogen (secondary N) is 1. The lowest BCUT2D eigenvalue weighted by Crippen LogP contribution is -2.36. The Morgan fingerprint density at radius 2 is 2.29 bits per heavy atom. The molecule has 2 heteroatoms. The summed E-state index contributed by atoms with van der Waals surface area (Å²) >= 11 is 1.86. The van der Waals surface area contributed by atoms with Crippen molar-refractivity contribution in [1.82, 2.24) is 5.32 Å². The van der Waals surface area contributed by atoms with Crippen LogP contribution in [0.3, 0.4) is 0 Å². The Morgan fingerprint density at radius 3 is 2.86 bits per heavy atom. The first-order valence-corrected chi connectivity index (χ1v) is 6.42. The SMILES string of the molecule is CC(Cc1cccs1)NC(C)C1CC1. The summed E-state index contributed by atoms with van der Waals surface area (Å²) in [5, 5.41) is 5.85. The molecule has 1 heterocycles. The van der Waals surface area contributed by atoms with Gasteiger partial charge in [-0.25, -0.2) is 0 Å². The lowest BCUT2D eigenvalue weighted by Gasteiger charge is -2.19. The Morgan fingerprint density at radius 1 is 1.50 bits per heavy atom. The fraction of sp³-hybridized carbons (Fsp3) is 0.667. The number of hydrogen-bond acceptors (Lipinski definition) is 2. The molecule has 1 nitrogen and oxygen atoms in total. The van der Waals surface area contributed by atoms with Crippen molar-refractivity contribution < 1.29 is 0 Å². The second kappa shape index (κ2) is 4.45. The van der Waals surface area contributed by atoms with E-state index in [-0.39, 0.29) is 0 Å². The van der Waals surface area contributed by atoms with Gasteiger partial charge in [-0.15, -0.1) is 11.3 Å². The van der Waals surface area contributed by atoms with Crippen LogP contribution in [-0.4, -0.2) is 12.1 Å². The van der Waals surface area contributed by atoms with Crippen molar-refractivity contribution in [2.45, 2.75) is 45.2 Å². The second-order valence-corrected chi connectivity index (χ2v) is 5.51. The monoisotopic (exact) mass is 209 g/mol. The van der Waals surface area contributed by atoms with Gasteiger partial charge >= 0.3 is 0 Å². The molecule has 0 aliphatic heterocycles. The third-order valence-corrected chi connectivity index (χ3v) is 3.86. The van der Waals surface area contributed by atoms with E-state index in [2.05, 4.69) is 36.7 Å². The van der Waals surface area contributed by atoms with Crippen LogP contribution in [0.15, 0.2) is 17.5 Å². The van der Waals surface area contributed by atoms with Gasteiger partial charge in [0.25, 0.3) is 0 Å². The van der Waals surface area contributed by atoms with E-state index in [9.17, 15) is 0 Å². The molecule has 1 aromatic rings. The minimum atomic E-state index is 0.615. The highest BCUT2D eigenvalue weighted by Gasteiger charge is 2.28. The quantitative estimate of drug-likeness (QED) is 0.786. The molecule has 2 rings (SSSR count). The van der Waals surface area contributed by atoms with Crippen molar-refractivity contribution in [3.8, 4) is 0 Å². The lowest BCUT2D eigenvalue weighted by molar-refractivity contribution is 0.432. The van der Waals surface area contributed by atoms with Crippen LogP contribution in [-0.2, 0) is 6.42 Å². The van der Waals surface area contributed by atoms with Crippen LogP contribution >= 0.6 is 11.3 Å². The van der Waals surface area contributed by atoms with Gasteiger partial charge in [0.15, 0.2) is 0 Å². The molecular formula is C12H19NS. The van der Waals surface area contributed by atoms with Gasteiger partial charge in [0.2, 0.25) is 0 Å². The molecular weight excluding hydrogens is 190 g/mol. The van der Waals surface area contributed by atoms with Crippen molar-refractivity contribution in [3.63, 3.8) is 0 Å². The summed E-state index contributed by atoms with van der Waals surface area (Å²) in [4.78, 5) is 1.49. The molecule has 2 atom stereocenters. The summed E-state index contributed by atoms with van der Waals surface area (Å²) in [7, 11) is 0. The van der Waals surface area contributed by atoms with Crippen LogP contribution in [0.1, 0.15) is 31.6 Å². The van der Waals surface area contributed by atoms with E-state index in [0.717, 1.165) is 5.92 Å². The molecule has 0 saturated heterocycles. The molecule has 1 aromatic heterocycles. The highest BCUT2D eigenvalue weighted by molar-refractivity contribution is 7.09. The largest absolute Gasteiger partial charge is 0.311 e. The zero-order valence-electron chi connectivity index (χ0n) is 8.99. The summed E-state index contributed by atoms with van der Waals surface area (Å²) < 4.78 is 0. The first-order chi connectivity index (χ1) is 6.75. The molecule has 1 saturated carbocycles. The van der Waals surface area contributed by atoms with E-state index < -0.39 is 0 Å². The van der Waals surface area contributed by atoms with Crippen molar-refractivity contribution in [1.29, 1.82) is 0 Å². The van der Waals surface area contributed by atoms with E-state index in [1.54, 1.807) is 0 Å². The van der Waals surface area contributed by atoms with E-state index in [0.29, 0.717) is 12.1 Å². The van der Waals surface area contributed by atoms with E-state index >= 15 is 0 Å². The molecule has 2 unspecified atom stereocenters. The van der Waals surface area contributed by atoms with Gasteiger partial charge in [0.1, 0.15) is 0 Å². The van der Waals surface area contributed by atoms with Crippen LogP contribution < -0.4 is 5.32 Å². The highest BCUT2D eigenvalue weighted by atomic mass is 32.1. The van der Waals surface area contributed by atoms with Gasteiger partial charge in [0.05, 0.1) is 0 Å². The Bertz CT molecular complexity index is 264. The zero-order chi connectivity index (χ0) is 9.97. The Kier molecular flexibility index (Phi) is 3.24. The fourth-order valence-corrected chi connectivity index (χ4v) is 2.81. The van der Waals surface area contributed by atoms with Crippen molar-refractivity contribution in [2.75, 3.05) is 0 Å². The molecule has 0 radical (unpaired) electrons. The van der Waals surface area contributed by atoms with E-state index in [1.165, 1.54) is 24.1 Å². The van der Waals surface area contributed by atoms with Crippen molar-refractivity contribution in [3.05, 3.63) is 22.4 Å². The maximum absolute atomic E-state index is 3.69. The summed E-state index contributed by atoms with van der Waals surface area (Å²) in [5.41, 5.74) is 0. The van der Waals surface area contributed by atoms with Crippen molar-refractivity contribution >= 4 is 11.3 Å². The summed E-state index contributed by atoms with van der Waals surface area (Å²) in [6, 6.07) is 5.69. The topological polar surface area (TPSA) is 12.0 Å². The van der Waals surface area contributed by atoms with Crippen LogP contribution in [0.2, 0.25) is 0 Å². The number of thiophene rings is 1. The third kappa shape index (κ3) is 2.82. The summed E-state index contributed by atoms with van der Waals surface area (Å²) in [6.45, 7) is 4.61. The minimum Gasteiger partial charge on any atom is -0.311 e. The lowest BCUT2D eigenvalue weighted by atomic mass is 10.1. The van der Waals surface area contributed by atoms with Crippen molar-refractivity contribution in [2.24, 2.45) is 5.92 Å². The summed E-state index contributed by atoms with van der Waals surface area (Å²) in [5.74, 6) is 0.959. The van der Waals surface area contributed by atoms with Crippen LogP contribution in [0.5, 0.6) is 0 Å². The van der Waals surface area contributed by atoms with Crippen LogP contribution in [0.4, 0.5) is 0 Å². The van der Waals surface area contributed by atoms with E-state index in [1.807, 2.05) is 11.3 Å². The molecule has 0 bridgehead atoms. The number of hydrogen-bond donors (Lipinski definition) is 1. The summed E-state index contributed by atoms with van der Waals surface area (Å²) in [6.07, 6.45) is 4.04. The first kappa shape index (κ1) is 10.2. The predicted molar refractivity (Wildman–Crippen MR) is 62.8 cm³/mol. The zero-order valence-corrected chi connectivity index (χ0v) is 9.81. The number of rotatable bonds is 5. The van der Waals surface area contributed by atoms with E-state index in [4.69, 9.17) is 0 Å². The van der Waals surface area contributed by atoms with Crippen LogP contribution in [0, 0.1) is 5.92 Å². The smallest absolute Gasteiger partial charge is 0.00896 e. The maximum Gasteiger partial charge on any atom is 0.00896 e. The van der Waals surface area contributed by atoms with Gasteiger partial charge in [-0.1, -0.05) is 6.07 Å². The second-order valence-electron chi connectivity index (χ2n) is 4.48. The third-order valence-electron chi connectivity index (χ3n) is 2.96. The van der Waals surface area contributed by atoms with Gasteiger partial charge in [-0.05, 0) is 50.5 Å². The van der Waals surface area contributed by atoms with Gasteiger partial charge < -0.3 is 5.32 Å². The van der Waals surface area contributed by atoms with Gasteiger partial charge in [0, 0.05) is 17.0 Å². The standard InChI is InChI=1S/C12H19NS/c1-9(8-12-4-3-7-14-12)13-10(2)11-5-6-11/h3-4,7,9-11,13H,5-6,8H2,1-2H3. The van der Waals surface area contributed by atoms with Gasteiger partial charge in [-0.2, -0.15) is 0 Å². The molecule has 0 spiro atoms.